The summed E-state index contributed by atoms with van der Waals surface area (Å²) in [7, 11) is -3.34. The van der Waals surface area contributed by atoms with Crippen molar-refractivity contribution in [2.75, 3.05) is 12.4 Å². The minimum Gasteiger partial charge on any atom is -0.465 e. The highest BCUT2D eigenvalue weighted by molar-refractivity contribution is 7.91. The Morgan fingerprint density at radius 1 is 0.929 bits per heavy atom. The van der Waals surface area contributed by atoms with Gasteiger partial charge in [0.15, 0.2) is 16.1 Å². The molecule has 0 bridgehead atoms. The van der Waals surface area contributed by atoms with Crippen LogP contribution in [0.3, 0.4) is 0 Å². The monoisotopic (exact) mass is 404 g/mol. The van der Waals surface area contributed by atoms with Crippen LogP contribution in [0.4, 0.5) is 0 Å². The second-order valence-electron chi connectivity index (χ2n) is 7.49. The number of ether oxygens (including phenoxy) is 2. The second kappa shape index (κ2) is 10.6. The quantitative estimate of drug-likeness (QED) is 0.468. The molecule has 28 heavy (non-hydrogen) atoms. The third kappa shape index (κ3) is 6.95. The first-order valence-corrected chi connectivity index (χ1v) is 11.6. The molecule has 2 aromatic rings. The zero-order chi connectivity index (χ0) is 20.6. The summed E-state index contributed by atoms with van der Waals surface area (Å²) in [5.74, 6) is 1.88. The van der Waals surface area contributed by atoms with E-state index in [-0.39, 0.29) is 12.4 Å². The van der Waals surface area contributed by atoms with E-state index in [4.69, 9.17) is 9.47 Å². The van der Waals surface area contributed by atoms with Crippen molar-refractivity contribution in [2.24, 2.45) is 5.92 Å². The summed E-state index contributed by atoms with van der Waals surface area (Å²) in [4.78, 5) is 0.314. The highest BCUT2D eigenvalue weighted by Gasteiger charge is 2.15. The lowest BCUT2D eigenvalue weighted by Crippen LogP contribution is -2.21. The van der Waals surface area contributed by atoms with Gasteiger partial charge in [-0.15, -0.1) is 0 Å². The summed E-state index contributed by atoms with van der Waals surface area (Å²) in [5, 5.41) is 0. The van der Waals surface area contributed by atoms with Crippen LogP contribution in [0.1, 0.15) is 52.0 Å². The van der Waals surface area contributed by atoms with Crippen molar-refractivity contribution in [1.29, 1.82) is 0 Å². The molecule has 0 aliphatic carbocycles. The maximum atomic E-state index is 12.3. The molecule has 2 aromatic carbocycles. The van der Waals surface area contributed by atoms with Gasteiger partial charge >= 0.3 is 0 Å². The van der Waals surface area contributed by atoms with Crippen LogP contribution >= 0.6 is 0 Å². The Balaban J connectivity index is 1.83. The molecule has 154 valence electrons. The first-order valence-electron chi connectivity index (χ1n) is 9.97. The summed E-state index contributed by atoms with van der Waals surface area (Å²) in [6, 6.07) is 16.6. The van der Waals surface area contributed by atoms with E-state index in [1.165, 1.54) is 12.0 Å². The molecule has 0 aliphatic rings. The summed E-state index contributed by atoms with van der Waals surface area (Å²) in [5.41, 5.74) is 1.33. The lowest BCUT2D eigenvalue weighted by molar-refractivity contribution is -0.0605. The van der Waals surface area contributed by atoms with Crippen molar-refractivity contribution in [3.8, 4) is 5.75 Å². The normalized spacial score (nSPS) is 14.0. The summed E-state index contributed by atoms with van der Waals surface area (Å²) < 4.78 is 35.8. The predicted octanol–water partition coefficient (Wildman–Crippen LogP) is 5.44. The fourth-order valence-corrected chi connectivity index (χ4v) is 4.34. The van der Waals surface area contributed by atoms with Crippen molar-refractivity contribution in [3.05, 3.63) is 60.2 Å². The SMILES string of the molecule is CCC(CC(C)C)c1ccc(OC(C)OCCS(=O)(=O)c2ccccc2)cc1. The zero-order valence-electron chi connectivity index (χ0n) is 17.3. The van der Waals surface area contributed by atoms with Crippen molar-refractivity contribution in [3.63, 3.8) is 0 Å². The number of hydrogen-bond donors (Lipinski definition) is 0. The molecule has 0 saturated heterocycles. The first-order chi connectivity index (χ1) is 13.3. The Morgan fingerprint density at radius 3 is 2.14 bits per heavy atom. The third-order valence-electron chi connectivity index (χ3n) is 4.71. The van der Waals surface area contributed by atoms with Crippen LogP contribution in [-0.4, -0.2) is 27.1 Å². The minimum absolute atomic E-state index is 0.0724. The van der Waals surface area contributed by atoms with Gasteiger partial charge in [0.1, 0.15) is 5.75 Å². The van der Waals surface area contributed by atoms with E-state index in [2.05, 4.69) is 32.9 Å². The molecule has 0 N–H and O–H groups in total. The number of sulfone groups is 1. The van der Waals surface area contributed by atoms with E-state index in [0.29, 0.717) is 16.7 Å². The van der Waals surface area contributed by atoms with Gasteiger partial charge in [-0.05, 0) is 61.4 Å². The van der Waals surface area contributed by atoms with Gasteiger partial charge < -0.3 is 9.47 Å². The second-order valence-corrected chi connectivity index (χ2v) is 9.60. The zero-order valence-corrected chi connectivity index (χ0v) is 18.1. The van der Waals surface area contributed by atoms with Crippen LogP contribution in [-0.2, 0) is 14.6 Å². The van der Waals surface area contributed by atoms with Crippen LogP contribution in [0.5, 0.6) is 5.75 Å². The van der Waals surface area contributed by atoms with Gasteiger partial charge in [0.05, 0.1) is 17.3 Å². The van der Waals surface area contributed by atoms with Crippen molar-refractivity contribution in [1.82, 2.24) is 0 Å². The van der Waals surface area contributed by atoms with Gasteiger partial charge in [0.25, 0.3) is 0 Å². The van der Waals surface area contributed by atoms with E-state index >= 15 is 0 Å². The summed E-state index contributed by atoms with van der Waals surface area (Å²) >= 11 is 0. The van der Waals surface area contributed by atoms with Gasteiger partial charge in [0, 0.05) is 0 Å². The maximum absolute atomic E-state index is 12.3. The van der Waals surface area contributed by atoms with E-state index < -0.39 is 16.1 Å². The molecule has 2 rings (SSSR count). The van der Waals surface area contributed by atoms with E-state index in [1.807, 2.05) is 12.1 Å². The molecular weight excluding hydrogens is 372 g/mol. The lowest BCUT2D eigenvalue weighted by Gasteiger charge is -2.19. The topological polar surface area (TPSA) is 52.6 Å². The van der Waals surface area contributed by atoms with Gasteiger partial charge in [-0.2, -0.15) is 0 Å². The Morgan fingerprint density at radius 2 is 1.57 bits per heavy atom. The Labute approximate surface area is 169 Å². The third-order valence-corrected chi connectivity index (χ3v) is 6.40. The van der Waals surface area contributed by atoms with Crippen LogP contribution in [0, 0.1) is 5.92 Å². The lowest BCUT2D eigenvalue weighted by atomic mass is 9.88. The molecule has 5 heteroatoms. The van der Waals surface area contributed by atoms with Gasteiger partial charge in [-0.3, -0.25) is 0 Å². The minimum atomic E-state index is -3.34. The average molecular weight is 405 g/mol. The van der Waals surface area contributed by atoms with Crippen LogP contribution in [0.15, 0.2) is 59.5 Å². The Bertz CT molecular complexity index is 798. The highest BCUT2D eigenvalue weighted by Crippen LogP contribution is 2.28. The number of hydrogen-bond acceptors (Lipinski definition) is 4. The first kappa shape index (κ1) is 22.4. The number of rotatable bonds is 11. The Kier molecular flexibility index (Phi) is 8.52. The van der Waals surface area contributed by atoms with E-state index in [1.54, 1.807) is 37.3 Å². The fraction of sp³-hybridized carbons (Fsp3) is 0.478. The van der Waals surface area contributed by atoms with Crippen LogP contribution in [0.2, 0.25) is 0 Å². The standard InChI is InChI=1S/C23H32O4S/c1-5-20(17-18(2)3)21-11-13-22(14-12-21)27-19(4)26-15-16-28(24,25)23-9-7-6-8-10-23/h6-14,18-20H,5,15-17H2,1-4H3. The molecule has 4 nitrogen and oxygen atoms in total. The van der Waals surface area contributed by atoms with Crippen LogP contribution < -0.4 is 4.74 Å². The molecule has 0 fully saturated rings. The smallest absolute Gasteiger partial charge is 0.197 e. The molecule has 0 aliphatic heterocycles. The van der Waals surface area contributed by atoms with Crippen molar-refractivity contribution >= 4 is 9.84 Å². The van der Waals surface area contributed by atoms with Gasteiger partial charge in [-0.25, -0.2) is 8.42 Å². The maximum Gasteiger partial charge on any atom is 0.197 e. The molecule has 0 aromatic heterocycles. The molecule has 0 amide bonds. The van der Waals surface area contributed by atoms with Gasteiger partial charge in [-0.1, -0.05) is 51.1 Å². The molecule has 2 atom stereocenters. The molecular formula is C23H32O4S. The largest absolute Gasteiger partial charge is 0.465 e. The van der Waals surface area contributed by atoms with Crippen molar-refractivity contribution in [2.45, 2.75) is 57.6 Å². The summed E-state index contributed by atoms with van der Waals surface area (Å²) in [6.45, 7) is 8.57. The number of benzene rings is 2. The van der Waals surface area contributed by atoms with E-state index in [9.17, 15) is 8.42 Å². The molecule has 2 unspecified atom stereocenters. The fourth-order valence-electron chi connectivity index (χ4n) is 3.22. The van der Waals surface area contributed by atoms with Gasteiger partial charge in [0.2, 0.25) is 0 Å². The van der Waals surface area contributed by atoms with Crippen molar-refractivity contribution < 1.29 is 17.9 Å². The molecule has 0 saturated carbocycles. The molecule has 0 radical (unpaired) electrons. The van der Waals surface area contributed by atoms with Crippen LogP contribution in [0.25, 0.3) is 0 Å². The average Bonchev–Trinajstić information content (AvgIpc) is 2.67. The molecule has 0 spiro atoms. The summed E-state index contributed by atoms with van der Waals surface area (Å²) in [6.07, 6.45) is 1.77. The predicted molar refractivity (Wildman–Crippen MR) is 113 cm³/mol. The highest BCUT2D eigenvalue weighted by atomic mass is 32.2. The Hall–Kier alpha value is -1.85. The molecule has 0 heterocycles. The van der Waals surface area contributed by atoms with E-state index in [0.717, 1.165) is 12.2 Å².